The van der Waals surface area contributed by atoms with Gasteiger partial charge in [0.25, 0.3) is 0 Å². The smallest absolute Gasteiger partial charge is 0.331 e. The maximum atomic E-state index is 12.1. The zero-order valence-electron chi connectivity index (χ0n) is 15.5. The number of fused-ring (bicyclic) bond motifs is 1. The predicted octanol–water partition coefficient (Wildman–Crippen LogP) is 2.76. The summed E-state index contributed by atoms with van der Waals surface area (Å²) in [5.41, 5.74) is 1.68. The lowest BCUT2D eigenvalue weighted by Crippen LogP contribution is -2.35. The number of benzene rings is 1. The molecule has 8 nitrogen and oxygen atoms in total. The van der Waals surface area contributed by atoms with Crippen LogP contribution in [0.1, 0.15) is 12.5 Å². The molecule has 1 aromatic carbocycles. The Morgan fingerprint density at radius 3 is 2.75 bits per heavy atom. The Morgan fingerprint density at radius 1 is 1.29 bits per heavy atom. The summed E-state index contributed by atoms with van der Waals surface area (Å²) in [6.45, 7) is 1.54. The van der Waals surface area contributed by atoms with Crippen molar-refractivity contribution >= 4 is 50.4 Å². The van der Waals surface area contributed by atoms with Crippen LogP contribution in [0.25, 0.3) is 10.3 Å². The minimum Gasteiger partial charge on any atom is -0.464 e. The first kappa shape index (κ1) is 20.3. The van der Waals surface area contributed by atoms with E-state index in [-0.39, 0.29) is 6.61 Å². The monoisotopic (exact) mass is 419 g/mol. The van der Waals surface area contributed by atoms with Gasteiger partial charge < -0.3 is 20.5 Å². The van der Waals surface area contributed by atoms with E-state index in [2.05, 4.69) is 25.6 Å². The van der Waals surface area contributed by atoms with Gasteiger partial charge in [0.2, 0.25) is 0 Å². The molecule has 148 valence electrons. The lowest BCUT2D eigenvalue weighted by Gasteiger charge is -2.16. The third-order valence-corrected chi connectivity index (χ3v) is 5.71. The number of hydrogen-bond donors (Lipinski definition) is 3. The van der Waals surface area contributed by atoms with Crippen LogP contribution in [-0.4, -0.2) is 52.3 Å². The van der Waals surface area contributed by atoms with Crippen molar-refractivity contribution < 1.29 is 14.6 Å². The summed E-state index contributed by atoms with van der Waals surface area (Å²) < 4.78 is 5.71. The summed E-state index contributed by atoms with van der Waals surface area (Å²) in [6.07, 6.45) is 0. The molecule has 28 heavy (non-hydrogen) atoms. The number of ether oxygens (including phenoxy) is 1. The Balaban J connectivity index is 1.89. The lowest BCUT2D eigenvalue weighted by molar-refractivity contribution is -0.144. The number of esters is 1. The van der Waals surface area contributed by atoms with E-state index >= 15 is 0 Å². The minimum absolute atomic E-state index is 0.235. The number of hydrogen-bond acceptors (Lipinski definition) is 10. The molecular formula is C18H21N5O3S2. The summed E-state index contributed by atoms with van der Waals surface area (Å²) in [5, 5.41) is 16.8. The van der Waals surface area contributed by atoms with Gasteiger partial charge in [-0.15, -0.1) is 0 Å². The van der Waals surface area contributed by atoms with Crippen LogP contribution in [0.5, 0.6) is 0 Å². The van der Waals surface area contributed by atoms with Gasteiger partial charge in [-0.2, -0.15) is 4.98 Å². The molecule has 0 aliphatic heterocycles. The molecular weight excluding hydrogens is 398 g/mol. The van der Waals surface area contributed by atoms with Gasteiger partial charge in [0.05, 0.1) is 13.2 Å². The SMILES string of the molecule is CCOC(=O)[C@H](CO)Nc1nc(SCc2ccccc2)nc2nc(NC)sc12. The van der Waals surface area contributed by atoms with E-state index in [0.29, 0.717) is 32.2 Å². The van der Waals surface area contributed by atoms with Gasteiger partial charge in [-0.1, -0.05) is 53.4 Å². The van der Waals surface area contributed by atoms with Gasteiger partial charge in [0.15, 0.2) is 21.8 Å². The van der Waals surface area contributed by atoms with E-state index in [9.17, 15) is 9.90 Å². The summed E-state index contributed by atoms with van der Waals surface area (Å²) in [4.78, 5) is 25.6. The standard InChI is InChI=1S/C18H21N5O3S2/c1-3-26-16(25)12(9-24)20-14-13-15(21-17(19-2)28-13)23-18(22-14)27-10-11-7-5-4-6-8-11/h4-8,12,24H,3,9-10H2,1-2H3,(H2,19,20,21,22,23)/t12-/m0/s1. The summed E-state index contributed by atoms with van der Waals surface area (Å²) in [7, 11) is 1.78. The van der Waals surface area contributed by atoms with Crippen LogP contribution in [0.3, 0.4) is 0 Å². The number of aromatic nitrogens is 3. The van der Waals surface area contributed by atoms with Gasteiger partial charge >= 0.3 is 5.97 Å². The maximum absolute atomic E-state index is 12.1. The average Bonchev–Trinajstić information content (AvgIpc) is 3.14. The predicted molar refractivity (Wildman–Crippen MR) is 112 cm³/mol. The molecule has 0 aliphatic carbocycles. The third kappa shape index (κ3) is 4.89. The Morgan fingerprint density at radius 2 is 2.07 bits per heavy atom. The number of carbonyl (C=O) groups excluding carboxylic acids is 1. The van der Waals surface area contributed by atoms with Crippen molar-refractivity contribution in [2.24, 2.45) is 0 Å². The molecule has 2 aromatic heterocycles. The van der Waals surface area contributed by atoms with Gasteiger partial charge in [-0.05, 0) is 12.5 Å². The van der Waals surface area contributed by atoms with Crippen molar-refractivity contribution in [3.63, 3.8) is 0 Å². The van der Waals surface area contributed by atoms with Crippen LogP contribution in [0, 0.1) is 0 Å². The molecule has 3 N–H and O–H groups in total. The van der Waals surface area contributed by atoms with Crippen molar-refractivity contribution in [3.05, 3.63) is 35.9 Å². The Bertz CT molecular complexity index is 936. The van der Waals surface area contributed by atoms with Crippen LogP contribution < -0.4 is 10.6 Å². The molecule has 1 atom stereocenters. The van der Waals surface area contributed by atoms with Crippen molar-refractivity contribution in [3.8, 4) is 0 Å². The third-order valence-electron chi connectivity index (χ3n) is 3.72. The fourth-order valence-corrected chi connectivity index (χ4v) is 3.99. The zero-order chi connectivity index (χ0) is 19.9. The number of rotatable bonds is 9. The molecule has 10 heteroatoms. The molecule has 0 amide bonds. The van der Waals surface area contributed by atoms with Crippen LogP contribution in [0.4, 0.5) is 10.9 Å². The minimum atomic E-state index is -0.912. The zero-order valence-corrected chi connectivity index (χ0v) is 17.1. The van der Waals surface area contributed by atoms with Crippen LogP contribution >= 0.6 is 23.1 Å². The molecule has 0 fully saturated rings. The van der Waals surface area contributed by atoms with Crippen LogP contribution in [0.15, 0.2) is 35.5 Å². The fraction of sp³-hybridized carbons (Fsp3) is 0.333. The van der Waals surface area contributed by atoms with Gasteiger partial charge in [-0.3, -0.25) is 0 Å². The topological polar surface area (TPSA) is 109 Å². The summed E-state index contributed by atoms with van der Waals surface area (Å²) >= 11 is 2.85. The number of nitrogens with zero attached hydrogens (tertiary/aromatic N) is 3. The van der Waals surface area contributed by atoms with Crippen molar-refractivity contribution in [1.29, 1.82) is 0 Å². The number of carbonyl (C=O) groups is 1. The first-order chi connectivity index (χ1) is 13.6. The molecule has 0 radical (unpaired) electrons. The number of thioether (sulfide) groups is 1. The average molecular weight is 420 g/mol. The highest BCUT2D eigenvalue weighted by Crippen LogP contribution is 2.32. The molecule has 0 spiro atoms. The fourth-order valence-electron chi connectivity index (χ4n) is 2.38. The number of anilines is 2. The number of aliphatic hydroxyl groups excluding tert-OH is 1. The summed E-state index contributed by atoms with van der Waals surface area (Å²) in [5.74, 6) is 0.621. The van der Waals surface area contributed by atoms with Crippen LogP contribution in [-0.2, 0) is 15.3 Å². The van der Waals surface area contributed by atoms with Crippen molar-refractivity contribution in [2.45, 2.75) is 23.9 Å². The quantitative estimate of drug-likeness (QED) is 0.274. The molecule has 3 aromatic rings. The molecule has 2 heterocycles. The van der Waals surface area contributed by atoms with E-state index in [4.69, 9.17) is 4.74 Å². The second-order valence-electron chi connectivity index (χ2n) is 5.68. The van der Waals surface area contributed by atoms with Crippen molar-refractivity contribution in [1.82, 2.24) is 15.0 Å². The molecule has 0 saturated carbocycles. The molecule has 0 unspecified atom stereocenters. The van der Waals surface area contributed by atoms with E-state index in [1.165, 1.54) is 23.1 Å². The van der Waals surface area contributed by atoms with Crippen LogP contribution in [0.2, 0.25) is 0 Å². The van der Waals surface area contributed by atoms with Gasteiger partial charge in [0, 0.05) is 12.8 Å². The second-order valence-corrected chi connectivity index (χ2v) is 7.62. The molecule has 0 bridgehead atoms. The molecule has 3 rings (SSSR count). The summed E-state index contributed by atoms with van der Waals surface area (Å²) in [6, 6.07) is 9.10. The van der Waals surface area contributed by atoms with E-state index in [1.54, 1.807) is 14.0 Å². The van der Waals surface area contributed by atoms with E-state index < -0.39 is 18.6 Å². The highest BCUT2D eigenvalue weighted by Gasteiger charge is 2.22. The Kier molecular flexibility index (Phi) is 7.01. The highest BCUT2D eigenvalue weighted by atomic mass is 32.2. The molecule has 0 aliphatic rings. The number of thiazole rings is 1. The van der Waals surface area contributed by atoms with Gasteiger partial charge in [-0.25, -0.2) is 14.8 Å². The maximum Gasteiger partial charge on any atom is 0.331 e. The molecule has 0 saturated heterocycles. The van der Waals surface area contributed by atoms with E-state index in [0.717, 1.165) is 5.56 Å². The number of nitrogens with one attached hydrogen (secondary N) is 2. The van der Waals surface area contributed by atoms with Crippen molar-refractivity contribution in [2.75, 3.05) is 30.9 Å². The first-order valence-electron chi connectivity index (χ1n) is 8.71. The Labute approximate surface area is 170 Å². The van der Waals surface area contributed by atoms with Gasteiger partial charge in [0.1, 0.15) is 10.7 Å². The first-order valence-corrected chi connectivity index (χ1v) is 10.5. The second kappa shape index (κ2) is 9.67. The largest absolute Gasteiger partial charge is 0.464 e. The van der Waals surface area contributed by atoms with E-state index in [1.807, 2.05) is 30.3 Å². The normalized spacial score (nSPS) is 12.0. The lowest BCUT2D eigenvalue weighted by atomic mass is 10.2. The highest BCUT2D eigenvalue weighted by molar-refractivity contribution is 7.98. The Hall–Kier alpha value is -2.43. The number of aliphatic hydroxyl groups is 1.